The van der Waals surface area contributed by atoms with Crippen LogP contribution in [-0.4, -0.2) is 68.0 Å². The topological polar surface area (TPSA) is 91.0 Å². The van der Waals surface area contributed by atoms with Gasteiger partial charge in [-0.05, 0) is 31.0 Å². The summed E-state index contributed by atoms with van der Waals surface area (Å²) < 4.78 is 44.6. The summed E-state index contributed by atoms with van der Waals surface area (Å²) in [5, 5.41) is 6.94. The Hall–Kier alpha value is -2.46. The van der Waals surface area contributed by atoms with E-state index in [0.29, 0.717) is 51.4 Å². The number of hydrogen-bond acceptors (Lipinski definition) is 5. The number of aliphatic imine (C=N–C) groups is 1. The SMILES string of the molecule is CCNC(=NCCc1cccc(F)c1)N1CCN(S(=O)(=O)Cc2ccon2)CC1. The predicted octanol–water partition coefficient (Wildman–Crippen LogP) is 1.47. The molecule has 1 saturated heterocycles. The number of sulfonamides is 1. The quantitative estimate of drug-likeness (QED) is 0.536. The minimum atomic E-state index is -3.44. The lowest BCUT2D eigenvalue weighted by Gasteiger charge is -2.35. The Bertz CT molecular complexity index is 910. The van der Waals surface area contributed by atoms with Gasteiger partial charge in [-0.3, -0.25) is 4.99 Å². The fourth-order valence-corrected chi connectivity index (χ4v) is 4.60. The van der Waals surface area contributed by atoms with Gasteiger partial charge in [0.15, 0.2) is 5.96 Å². The summed E-state index contributed by atoms with van der Waals surface area (Å²) in [4.78, 5) is 6.68. The van der Waals surface area contributed by atoms with Gasteiger partial charge in [-0.2, -0.15) is 4.31 Å². The Morgan fingerprint density at radius 1 is 1.28 bits per heavy atom. The number of hydrogen-bond donors (Lipinski definition) is 1. The normalized spacial score (nSPS) is 16.2. The molecule has 0 aliphatic carbocycles. The summed E-state index contributed by atoms with van der Waals surface area (Å²) in [6, 6.07) is 8.07. The summed E-state index contributed by atoms with van der Waals surface area (Å²) in [6.07, 6.45) is 2.00. The largest absolute Gasteiger partial charge is 0.364 e. The molecule has 0 saturated carbocycles. The molecule has 2 heterocycles. The third kappa shape index (κ3) is 6.01. The Labute approximate surface area is 170 Å². The molecule has 0 atom stereocenters. The average molecular weight is 424 g/mol. The Kier molecular flexibility index (Phi) is 7.21. The maximum Gasteiger partial charge on any atom is 0.220 e. The van der Waals surface area contributed by atoms with E-state index >= 15 is 0 Å². The van der Waals surface area contributed by atoms with E-state index in [1.807, 2.05) is 13.0 Å². The van der Waals surface area contributed by atoms with E-state index in [2.05, 4.69) is 20.4 Å². The van der Waals surface area contributed by atoms with Gasteiger partial charge in [0.05, 0.1) is 5.69 Å². The average Bonchev–Trinajstić information content (AvgIpc) is 3.20. The first-order chi connectivity index (χ1) is 14.0. The summed E-state index contributed by atoms with van der Waals surface area (Å²) in [5.41, 5.74) is 1.30. The molecule has 0 amide bonds. The molecule has 2 aromatic rings. The van der Waals surface area contributed by atoms with Crippen LogP contribution in [0.15, 0.2) is 46.1 Å². The molecule has 0 spiro atoms. The monoisotopic (exact) mass is 423 g/mol. The molecule has 0 radical (unpaired) electrons. The van der Waals surface area contributed by atoms with E-state index in [0.717, 1.165) is 11.5 Å². The van der Waals surface area contributed by atoms with Crippen molar-refractivity contribution in [3.8, 4) is 0 Å². The zero-order chi connectivity index (χ0) is 20.7. The number of nitrogens with one attached hydrogen (secondary N) is 1. The highest BCUT2D eigenvalue weighted by Crippen LogP contribution is 2.13. The zero-order valence-corrected chi connectivity index (χ0v) is 17.2. The van der Waals surface area contributed by atoms with E-state index in [4.69, 9.17) is 4.52 Å². The molecule has 1 aromatic heterocycles. The molecule has 1 aliphatic rings. The van der Waals surface area contributed by atoms with Crippen LogP contribution in [0.25, 0.3) is 0 Å². The van der Waals surface area contributed by atoms with Gasteiger partial charge in [-0.25, -0.2) is 12.8 Å². The van der Waals surface area contributed by atoms with E-state index < -0.39 is 10.0 Å². The second-order valence-electron chi connectivity index (χ2n) is 6.75. The predicted molar refractivity (Wildman–Crippen MR) is 108 cm³/mol. The standard InChI is InChI=1S/C19H26FN5O3S/c1-2-21-19(22-8-6-16-4-3-5-17(20)14-16)24-9-11-25(12-10-24)29(26,27)15-18-7-13-28-23-18/h3-5,7,13-14H,2,6,8-12,15H2,1H3,(H,21,22). The van der Waals surface area contributed by atoms with Gasteiger partial charge >= 0.3 is 0 Å². The van der Waals surface area contributed by atoms with Gasteiger partial charge < -0.3 is 14.7 Å². The van der Waals surface area contributed by atoms with Crippen LogP contribution in [-0.2, 0) is 22.2 Å². The van der Waals surface area contributed by atoms with Crippen LogP contribution in [0.5, 0.6) is 0 Å². The van der Waals surface area contributed by atoms with Crippen LogP contribution in [0.3, 0.4) is 0 Å². The van der Waals surface area contributed by atoms with Crippen LogP contribution in [0.1, 0.15) is 18.2 Å². The number of benzene rings is 1. The maximum absolute atomic E-state index is 13.3. The van der Waals surface area contributed by atoms with Crippen molar-refractivity contribution >= 4 is 16.0 Å². The lowest BCUT2D eigenvalue weighted by Crippen LogP contribution is -2.54. The van der Waals surface area contributed by atoms with Crippen molar-refractivity contribution in [3.63, 3.8) is 0 Å². The summed E-state index contributed by atoms with van der Waals surface area (Å²) in [6.45, 7) is 5.08. The Morgan fingerprint density at radius 2 is 2.07 bits per heavy atom. The first-order valence-corrected chi connectivity index (χ1v) is 11.2. The maximum atomic E-state index is 13.3. The Balaban J connectivity index is 1.56. The third-order valence-electron chi connectivity index (χ3n) is 4.64. The molecular weight excluding hydrogens is 397 g/mol. The van der Waals surface area contributed by atoms with Crippen molar-refractivity contribution in [2.24, 2.45) is 4.99 Å². The number of nitrogens with zero attached hydrogens (tertiary/aromatic N) is 4. The molecule has 1 fully saturated rings. The highest BCUT2D eigenvalue weighted by Gasteiger charge is 2.28. The first-order valence-electron chi connectivity index (χ1n) is 9.62. The molecule has 29 heavy (non-hydrogen) atoms. The Morgan fingerprint density at radius 3 is 2.72 bits per heavy atom. The third-order valence-corrected chi connectivity index (χ3v) is 6.45. The van der Waals surface area contributed by atoms with Crippen molar-refractivity contribution in [2.45, 2.75) is 19.1 Å². The molecule has 1 N–H and O–H groups in total. The highest BCUT2D eigenvalue weighted by atomic mass is 32.2. The van der Waals surface area contributed by atoms with E-state index in [1.54, 1.807) is 12.1 Å². The van der Waals surface area contributed by atoms with Crippen LogP contribution >= 0.6 is 0 Å². The van der Waals surface area contributed by atoms with Gasteiger partial charge in [0.2, 0.25) is 10.0 Å². The fourth-order valence-electron chi connectivity index (χ4n) is 3.18. The van der Waals surface area contributed by atoms with Crippen LogP contribution in [0, 0.1) is 5.82 Å². The highest BCUT2D eigenvalue weighted by molar-refractivity contribution is 7.88. The van der Waals surface area contributed by atoms with E-state index in [9.17, 15) is 12.8 Å². The second kappa shape index (κ2) is 9.84. The lowest BCUT2D eigenvalue weighted by molar-refractivity contribution is 0.260. The molecule has 0 unspecified atom stereocenters. The molecule has 0 bridgehead atoms. The van der Waals surface area contributed by atoms with Gasteiger partial charge in [-0.1, -0.05) is 17.3 Å². The fraction of sp³-hybridized carbons (Fsp3) is 0.474. The number of halogens is 1. The van der Waals surface area contributed by atoms with Crippen molar-refractivity contribution in [2.75, 3.05) is 39.3 Å². The molecule has 1 aliphatic heterocycles. The smallest absolute Gasteiger partial charge is 0.220 e. The van der Waals surface area contributed by atoms with Crippen LogP contribution in [0.2, 0.25) is 0 Å². The van der Waals surface area contributed by atoms with Crippen LogP contribution in [0.4, 0.5) is 4.39 Å². The minimum Gasteiger partial charge on any atom is -0.364 e. The first kappa shape index (κ1) is 21.3. The minimum absolute atomic E-state index is 0.161. The number of guanidine groups is 1. The van der Waals surface area contributed by atoms with Gasteiger partial charge in [0.1, 0.15) is 17.8 Å². The van der Waals surface area contributed by atoms with Crippen molar-refractivity contribution in [1.82, 2.24) is 19.7 Å². The van der Waals surface area contributed by atoms with Gasteiger partial charge in [-0.15, -0.1) is 0 Å². The van der Waals surface area contributed by atoms with Crippen molar-refractivity contribution < 1.29 is 17.3 Å². The second-order valence-corrected chi connectivity index (χ2v) is 8.72. The van der Waals surface area contributed by atoms with Gasteiger partial charge in [0, 0.05) is 45.3 Å². The lowest BCUT2D eigenvalue weighted by atomic mass is 10.1. The van der Waals surface area contributed by atoms with Crippen LogP contribution < -0.4 is 5.32 Å². The molecule has 8 nitrogen and oxygen atoms in total. The van der Waals surface area contributed by atoms with E-state index in [1.165, 1.54) is 22.7 Å². The van der Waals surface area contributed by atoms with Crippen molar-refractivity contribution in [3.05, 3.63) is 53.7 Å². The number of rotatable bonds is 7. The summed E-state index contributed by atoms with van der Waals surface area (Å²) in [5.74, 6) is 0.337. The molecule has 10 heteroatoms. The molecule has 1 aromatic carbocycles. The van der Waals surface area contributed by atoms with E-state index in [-0.39, 0.29) is 11.6 Å². The molecule has 3 rings (SSSR count). The summed E-state index contributed by atoms with van der Waals surface area (Å²) >= 11 is 0. The van der Waals surface area contributed by atoms with Gasteiger partial charge in [0.25, 0.3) is 0 Å². The molecular formula is C19H26FN5O3S. The molecule has 158 valence electrons. The zero-order valence-electron chi connectivity index (χ0n) is 16.4. The number of piperazine rings is 1. The summed E-state index contributed by atoms with van der Waals surface area (Å²) in [7, 11) is -3.44. The number of aromatic nitrogens is 1. The van der Waals surface area contributed by atoms with Crippen molar-refractivity contribution in [1.29, 1.82) is 0 Å².